The van der Waals surface area contributed by atoms with E-state index >= 15 is 0 Å². The second-order valence-electron chi connectivity index (χ2n) is 16.8. The molecular formula is C45H82O4. The van der Waals surface area contributed by atoms with E-state index in [2.05, 4.69) is 48.5 Å². The first-order valence-electron chi connectivity index (χ1n) is 21.0. The van der Waals surface area contributed by atoms with E-state index in [1.54, 1.807) is 0 Å². The molecule has 0 aromatic heterocycles. The number of rotatable bonds is 26. The highest BCUT2D eigenvalue weighted by Crippen LogP contribution is 2.44. The van der Waals surface area contributed by atoms with E-state index < -0.39 is 5.97 Å². The minimum Gasteiger partial charge on any atom is -0.507 e. The van der Waals surface area contributed by atoms with Crippen molar-refractivity contribution >= 4 is 5.97 Å². The van der Waals surface area contributed by atoms with Gasteiger partial charge in [-0.3, -0.25) is 4.79 Å². The van der Waals surface area contributed by atoms with E-state index in [4.69, 9.17) is 9.84 Å². The summed E-state index contributed by atoms with van der Waals surface area (Å²) < 4.78 is 6.60. The maximum atomic E-state index is 10.4. The molecule has 1 aromatic carbocycles. The van der Waals surface area contributed by atoms with Crippen LogP contribution in [0, 0.1) is 38.5 Å². The Morgan fingerprint density at radius 2 is 1.14 bits per heavy atom. The van der Waals surface area contributed by atoms with E-state index in [1.165, 1.54) is 128 Å². The van der Waals surface area contributed by atoms with Gasteiger partial charge in [-0.2, -0.15) is 0 Å². The van der Waals surface area contributed by atoms with Crippen LogP contribution in [0.2, 0.25) is 0 Å². The smallest absolute Gasteiger partial charge is 0.303 e. The zero-order chi connectivity index (χ0) is 36.7. The Morgan fingerprint density at radius 1 is 0.673 bits per heavy atom. The molecule has 4 nitrogen and oxygen atoms in total. The van der Waals surface area contributed by atoms with Gasteiger partial charge in [0, 0.05) is 12.0 Å². The topological polar surface area (TPSA) is 66.8 Å². The van der Waals surface area contributed by atoms with Crippen LogP contribution in [0.15, 0.2) is 0 Å². The lowest BCUT2D eigenvalue weighted by Gasteiger charge is -2.38. The Balaban J connectivity index is 0.000000570. The molecule has 286 valence electrons. The van der Waals surface area contributed by atoms with Crippen LogP contribution in [0.25, 0.3) is 0 Å². The van der Waals surface area contributed by atoms with Crippen molar-refractivity contribution in [3.8, 4) is 11.5 Å². The monoisotopic (exact) mass is 687 g/mol. The van der Waals surface area contributed by atoms with Crippen LogP contribution < -0.4 is 4.74 Å². The van der Waals surface area contributed by atoms with Gasteiger partial charge in [-0.05, 0) is 94.2 Å². The number of fused-ring (bicyclic) bond motifs is 1. The molecule has 1 aliphatic rings. The van der Waals surface area contributed by atoms with Crippen LogP contribution in [-0.2, 0) is 11.2 Å². The minimum atomic E-state index is -0.655. The Hall–Kier alpha value is -1.71. The number of aromatic hydroxyl groups is 1. The van der Waals surface area contributed by atoms with E-state index in [9.17, 15) is 9.90 Å². The molecule has 2 rings (SSSR count). The third-order valence-corrected chi connectivity index (χ3v) is 11.4. The van der Waals surface area contributed by atoms with Gasteiger partial charge in [0.05, 0.1) is 0 Å². The lowest BCUT2D eigenvalue weighted by atomic mass is 9.84. The van der Waals surface area contributed by atoms with Gasteiger partial charge in [0.15, 0.2) is 0 Å². The molecule has 1 aliphatic heterocycles. The molecule has 0 amide bonds. The number of hydrogen-bond donors (Lipinski definition) is 2. The van der Waals surface area contributed by atoms with E-state index in [0.29, 0.717) is 12.2 Å². The molecule has 1 heterocycles. The van der Waals surface area contributed by atoms with Gasteiger partial charge in [0.25, 0.3) is 0 Å². The summed E-state index contributed by atoms with van der Waals surface area (Å²) in [6.45, 7) is 20.2. The van der Waals surface area contributed by atoms with Crippen molar-refractivity contribution in [2.45, 2.75) is 228 Å². The second-order valence-corrected chi connectivity index (χ2v) is 16.8. The van der Waals surface area contributed by atoms with E-state index in [0.717, 1.165) is 72.3 Å². The Bertz CT molecular complexity index is 1010. The van der Waals surface area contributed by atoms with E-state index in [1.807, 2.05) is 13.8 Å². The van der Waals surface area contributed by atoms with Crippen molar-refractivity contribution in [2.24, 2.45) is 17.8 Å². The first-order chi connectivity index (χ1) is 23.3. The van der Waals surface area contributed by atoms with E-state index in [-0.39, 0.29) is 5.60 Å². The molecular weight excluding hydrogens is 604 g/mol. The normalized spacial score (nSPS) is 16.9. The van der Waals surface area contributed by atoms with Gasteiger partial charge in [0.1, 0.15) is 17.1 Å². The highest BCUT2D eigenvalue weighted by Gasteiger charge is 2.34. The SMILES string of the molecule is CCCCCCCCCCCCCCCC(=O)O.Cc1c(C)c2c(c(C)c1O)CC[C@@](C)(CCCC(C)CCCC(C)CCCC(C)C)O2. The van der Waals surface area contributed by atoms with Gasteiger partial charge >= 0.3 is 5.97 Å². The van der Waals surface area contributed by atoms with Crippen LogP contribution in [0.1, 0.15) is 218 Å². The van der Waals surface area contributed by atoms with Crippen LogP contribution in [-0.4, -0.2) is 21.8 Å². The number of aliphatic carboxylic acids is 1. The molecule has 0 saturated heterocycles. The molecule has 2 N–H and O–H groups in total. The Labute approximate surface area is 305 Å². The Morgan fingerprint density at radius 3 is 1.63 bits per heavy atom. The number of phenolic OH excluding ortho intramolecular Hbond substituents is 1. The summed E-state index contributed by atoms with van der Waals surface area (Å²) in [4.78, 5) is 10.3. The van der Waals surface area contributed by atoms with Crippen molar-refractivity contribution in [1.29, 1.82) is 0 Å². The average molecular weight is 687 g/mol. The zero-order valence-corrected chi connectivity index (χ0v) is 34.1. The zero-order valence-electron chi connectivity index (χ0n) is 34.1. The number of carboxylic acids is 1. The van der Waals surface area contributed by atoms with Gasteiger partial charge < -0.3 is 14.9 Å². The predicted molar refractivity (Wildman–Crippen MR) is 212 cm³/mol. The molecule has 0 radical (unpaired) electrons. The summed E-state index contributed by atoms with van der Waals surface area (Å²) in [5.74, 6) is 3.38. The number of benzene rings is 1. The molecule has 0 aliphatic carbocycles. The van der Waals surface area contributed by atoms with Crippen molar-refractivity contribution in [3.05, 3.63) is 22.3 Å². The first-order valence-corrected chi connectivity index (χ1v) is 21.0. The molecule has 0 fully saturated rings. The fraction of sp³-hybridized carbons (Fsp3) is 0.844. The molecule has 3 atom stereocenters. The van der Waals surface area contributed by atoms with Crippen LogP contribution in [0.4, 0.5) is 0 Å². The summed E-state index contributed by atoms with van der Waals surface area (Å²) in [5, 5.41) is 18.9. The van der Waals surface area contributed by atoms with Crippen molar-refractivity contribution in [1.82, 2.24) is 0 Å². The molecule has 0 saturated carbocycles. The Kier molecular flexibility index (Phi) is 24.2. The van der Waals surface area contributed by atoms with Crippen LogP contribution >= 0.6 is 0 Å². The first kappa shape index (κ1) is 45.3. The molecule has 4 heteroatoms. The fourth-order valence-electron chi connectivity index (χ4n) is 7.57. The number of carboxylic acid groups (broad SMARTS) is 1. The van der Waals surface area contributed by atoms with Crippen molar-refractivity contribution in [2.75, 3.05) is 0 Å². The number of ether oxygens (including phenoxy) is 1. The predicted octanol–water partition coefficient (Wildman–Crippen LogP) is 14.4. The molecule has 0 bridgehead atoms. The maximum Gasteiger partial charge on any atom is 0.303 e. The highest BCUT2D eigenvalue weighted by molar-refractivity contribution is 5.66. The fourth-order valence-corrected chi connectivity index (χ4v) is 7.57. The van der Waals surface area contributed by atoms with Gasteiger partial charge in [-0.25, -0.2) is 0 Å². The second kappa shape index (κ2) is 26.1. The minimum absolute atomic E-state index is 0.0712. The summed E-state index contributed by atoms with van der Waals surface area (Å²) in [6, 6.07) is 0. The molecule has 1 aromatic rings. The van der Waals surface area contributed by atoms with Crippen molar-refractivity contribution in [3.63, 3.8) is 0 Å². The summed E-state index contributed by atoms with van der Waals surface area (Å²) in [7, 11) is 0. The highest BCUT2D eigenvalue weighted by atomic mass is 16.5. The quantitative estimate of drug-likeness (QED) is 0.0952. The van der Waals surface area contributed by atoms with Crippen LogP contribution in [0.3, 0.4) is 0 Å². The van der Waals surface area contributed by atoms with Gasteiger partial charge in [0.2, 0.25) is 0 Å². The van der Waals surface area contributed by atoms with Gasteiger partial charge in [-0.15, -0.1) is 0 Å². The number of phenols is 1. The summed E-state index contributed by atoms with van der Waals surface area (Å²) in [5.41, 5.74) is 4.23. The molecule has 0 spiro atoms. The average Bonchev–Trinajstić information content (AvgIpc) is 3.05. The standard InChI is InChI=1S/C29H50O2.C16H32O2/c1-20(2)12-9-13-21(3)14-10-15-22(4)16-11-18-29(8)19-17-26-25(7)27(30)23(5)24(6)28(26)31-29;1-2-3-4-5-6-7-8-9-10-11-12-13-14-15-16(17)18/h20-22,30H,9-19H2,1-8H3;2-15H2,1H3,(H,17,18)/t21?,22?,29-;/m1./s1. The maximum absolute atomic E-state index is 10.4. The lowest BCUT2D eigenvalue weighted by molar-refractivity contribution is -0.137. The largest absolute Gasteiger partial charge is 0.507 e. The summed E-state index contributed by atoms with van der Waals surface area (Å²) in [6.07, 6.45) is 31.3. The van der Waals surface area contributed by atoms with Gasteiger partial charge in [-0.1, -0.05) is 157 Å². The van der Waals surface area contributed by atoms with Crippen LogP contribution in [0.5, 0.6) is 11.5 Å². The summed E-state index contributed by atoms with van der Waals surface area (Å²) >= 11 is 0. The third-order valence-electron chi connectivity index (χ3n) is 11.4. The number of unbranched alkanes of at least 4 members (excludes halogenated alkanes) is 12. The lowest BCUT2D eigenvalue weighted by Crippen LogP contribution is -2.37. The number of hydrogen-bond acceptors (Lipinski definition) is 3. The number of carbonyl (C=O) groups is 1. The third kappa shape index (κ3) is 20.1. The van der Waals surface area contributed by atoms with Crippen molar-refractivity contribution < 1.29 is 19.7 Å². The molecule has 2 unspecified atom stereocenters. The molecule has 49 heavy (non-hydrogen) atoms.